The van der Waals surface area contributed by atoms with E-state index in [0.29, 0.717) is 0 Å². The Hall–Kier alpha value is -7.16. The quantitative estimate of drug-likeness (QED) is 0.159. The van der Waals surface area contributed by atoms with E-state index in [1.54, 1.807) is 0 Å². The predicted octanol–water partition coefficient (Wildman–Crippen LogP) is 14.5. The van der Waals surface area contributed by atoms with Gasteiger partial charge < -0.3 is 9.47 Å². The van der Waals surface area contributed by atoms with Crippen LogP contribution in [0.5, 0.6) is 0 Å². The molecule has 0 saturated carbocycles. The largest absolute Gasteiger partial charge is 0.313 e. The molecule has 0 N–H and O–H groups in total. The number of hydrogen-bond donors (Lipinski definition) is 0. The van der Waals surface area contributed by atoms with Crippen LogP contribution in [0.3, 0.4) is 0 Å². The molecule has 1 aromatic heterocycles. The van der Waals surface area contributed by atoms with Crippen LogP contribution >= 0.6 is 0 Å². The van der Waals surface area contributed by atoms with Crippen LogP contribution in [0.1, 0.15) is 35.1 Å². The number of fused-ring (bicyclic) bond motifs is 6. The summed E-state index contributed by atoms with van der Waals surface area (Å²) in [6, 6.07) is 73.8. The Bertz CT molecular complexity index is 2950. The molecule has 2 nitrogen and oxygen atoms in total. The Morgan fingerprint density at radius 1 is 0.439 bits per heavy atom. The van der Waals surface area contributed by atoms with Crippen LogP contribution in [0.2, 0.25) is 0 Å². The van der Waals surface area contributed by atoms with E-state index >= 15 is 0 Å². The minimum Gasteiger partial charge on any atom is -0.313 e. The summed E-state index contributed by atoms with van der Waals surface area (Å²) in [6.45, 7) is 0. The van der Waals surface area contributed by atoms with Gasteiger partial charge >= 0.3 is 0 Å². The molecule has 2 aliphatic rings. The first-order chi connectivity index (χ1) is 28.3. The van der Waals surface area contributed by atoms with Crippen LogP contribution in [-0.2, 0) is 5.41 Å². The van der Waals surface area contributed by atoms with Crippen molar-refractivity contribution in [2.75, 3.05) is 4.90 Å². The van der Waals surface area contributed by atoms with Crippen LogP contribution in [-0.4, -0.2) is 4.57 Å². The zero-order valence-corrected chi connectivity index (χ0v) is 31.6. The van der Waals surface area contributed by atoms with Gasteiger partial charge in [-0.05, 0) is 118 Å². The smallest absolute Gasteiger partial charge is 0.0714 e. The van der Waals surface area contributed by atoms with Crippen molar-refractivity contribution in [3.05, 3.63) is 241 Å². The second kappa shape index (κ2) is 13.5. The lowest BCUT2D eigenvalue weighted by atomic mass is 9.67. The van der Waals surface area contributed by atoms with E-state index in [1.807, 2.05) is 0 Å². The van der Waals surface area contributed by atoms with Crippen molar-refractivity contribution in [1.29, 1.82) is 0 Å². The van der Waals surface area contributed by atoms with Gasteiger partial charge in [-0.3, -0.25) is 0 Å². The number of aromatic nitrogens is 1. The summed E-state index contributed by atoms with van der Waals surface area (Å²) >= 11 is 0. The van der Waals surface area contributed by atoms with Gasteiger partial charge in [-0.1, -0.05) is 158 Å². The highest BCUT2D eigenvalue weighted by molar-refractivity contribution is 6.11. The Morgan fingerprint density at radius 2 is 1.04 bits per heavy atom. The molecule has 0 atom stereocenters. The molecule has 2 aliphatic carbocycles. The van der Waals surface area contributed by atoms with Gasteiger partial charge in [-0.25, -0.2) is 0 Å². The summed E-state index contributed by atoms with van der Waals surface area (Å²) in [5.41, 5.74) is 16.9. The number of rotatable bonds is 7. The molecule has 0 aliphatic heterocycles. The minimum absolute atomic E-state index is 0.470. The molecule has 270 valence electrons. The number of hydrogen-bond acceptors (Lipinski definition) is 1. The summed E-state index contributed by atoms with van der Waals surface area (Å²) < 4.78 is 2.46. The van der Waals surface area contributed by atoms with Crippen molar-refractivity contribution >= 4 is 44.6 Å². The fraction of sp³-hybridized carbons (Fsp3) is 0.0545. The van der Waals surface area contributed by atoms with E-state index in [4.69, 9.17) is 0 Å². The maximum atomic E-state index is 2.46. The number of para-hydroxylation sites is 2. The Balaban J connectivity index is 1.05. The molecule has 8 aromatic carbocycles. The molecule has 0 saturated heterocycles. The average molecular weight is 729 g/mol. The first kappa shape index (κ1) is 33.2. The standard InChI is InChI=1S/C55H40N2/c1-5-17-41(18-6-1)55(42-19-7-2-8-20-42)51-27-15-13-25-47(51)48-35-34-46(38-52(48)55)56(43-21-9-3-10-22-43)45-32-29-39(30-33-45)40-31-36-54-50(37-40)49-26-14-16-28-53(49)57(54)44-23-11-4-12-24-44/h1-11,13-23,25-38H,12,24H2. The molecular formula is C55H40N2. The van der Waals surface area contributed by atoms with E-state index in [-0.39, 0.29) is 0 Å². The van der Waals surface area contributed by atoms with Gasteiger partial charge in [0.1, 0.15) is 0 Å². The van der Waals surface area contributed by atoms with Gasteiger partial charge in [0.25, 0.3) is 0 Å². The number of anilines is 3. The van der Waals surface area contributed by atoms with Gasteiger partial charge in [0, 0.05) is 33.5 Å². The third-order valence-electron chi connectivity index (χ3n) is 12.1. The zero-order chi connectivity index (χ0) is 37.8. The van der Waals surface area contributed by atoms with Crippen LogP contribution < -0.4 is 4.90 Å². The first-order valence-corrected chi connectivity index (χ1v) is 20.0. The molecule has 57 heavy (non-hydrogen) atoms. The normalized spacial score (nSPS) is 14.0. The molecule has 0 spiro atoms. The van der Waals surface area contributed by atoms with Crippen LogP contribution in [0.25, 0.3) is 49.8 Å². The third kappa shape index (κ3) is 5.25. The van der Waals surface area contributed by atoms with Crippen molar-refractivity contribution in [3.63, 3.8) is 0 Å². The fourth-order valence-corrected chi connectivity index (χ4v) is 9.64. The minimum atomic E-state index is -0.470. The van der Waals surface area contributed by atoms with Gasteiger partial charge in [-0.2, -0.15) is 0 Å². The number of benzene rings is 8. The lowest BCUT2D eigenvalue weighted by Gasteiger charge is -2.35. The van der Waals surface area contributed by atoms with E-state index in [1.165, 1.54) is 72.0 Å². The topological polar surface area (TPSA) is 8.17 Å². The van der Waals surface area contributed by atoms with Crippen molar-refractivity contribution in [3.8, 4) is 22.3 Å². The first-order valence-electron chi connectivity index (χ1n) is 20.0. The summed E-state index contributed by atoms with van der Waals surface area (Å²) in [5, 5.41) is 2.57. The molecule has 9 aromatic rings. The molecule has 2 heteroatoms. The van der Waals surface area contributed by atoms with Crippen molar-refractivity contribution in [2.24, 2.45) is 0 Å². The van der Waals surface area contributed by atoms with Crippen LogP contribution in [0.15, 0.2) is 218 Å². The molecular weight excluding hydrogens is 689 g/mol. The van der Waals surface area contributed by atoms with E-state index < -0.39 is 5.41 Å². The summed E-state index contributed by atoms with van der Waals surface area (Å²) in [5.74, 6) is 0. The second-order valence-electron chi connectivity index (χ2n) is 15.2. The van der Waals surface area contributed by atoms with Crippen LogP contribution in [0.4, 0.5) is 17.1 Å². The Labute approximate surface area is 333 Å². The maximum absolute atomic E-state index is 2.46. The van der Waals surface area contributed by atoms with Gasteiger partial charge in [-0.15, -0.1) is 0 Å². The van der Waals surface area contributed by atoms with E-state index in [2.05, 4.69) is 228 Å². The second-order valence-corrected chi connectivity index (χ2v) is 15.2. The molecule has 11 rings (SSSR count). The SMILES string of the molecule is C1=CCCC(n2c3ccccc3c3cc(-c4ccc(N(c5ccccc5)c5ccc6c(c5)C(c5ccccc5)(c5ccccc5)c5ccccc5-6)cc4)ccc32)=C1. The highest BCUT2D eigenvalue weighted by atomic mass is 15.1. The molecule has 0 unspecified atom stereocenters. The zero-order valence-electron chi connectivity index (χ0n) is 31.6. The predicted molar refractivity (Wildman–Crippen MR) is 240 cm³/mol. The van der Waals surface area contributed by atoms with E-state index in [0.717, 1.165) is 29.9 Å². The molecule has 0 fully saturated rings. The highest BCUT2D eigenvalue weighted by Crippen LogP contribution is 2.57. The average Bonchev–Trinajstić information content (AvgIpc) is 3.78. The summed E-state index contributed by atoms with van der Waals surface area (Å²) in [4.78, 5) is 2.40. The van der Waals surface area contributed by atoms with Crippen LogP contribution in [0, 0.1) is 0 Å². The maximum Gasteiger partial charge on any atom is 0.0714 e. The van der Waals surface area contributed by atoms with Crippen molar-refractivity contribution in [2.45, 2.75) is 18.3 Å². The third-order valence-corrected chi connectivity index (χ3v) is 12.1. The fourth-order valence-electron chi connectivity index (χ4n) is 9.64. The van der Waals surface area contributed by atoms with Crippen molar-refractivity contribution in [1.82, 2.24) is 4.57 Å². The molecule has 1 heterocycles. The van der Waals surface area contributed by atoms with Crippen molar-refractivity contribution < 1.29 is 0 Å². The van der Waals surface area contributed by atoms with Gasteiger partial charge in [0.2, 0.25) is 0 Å². The Morgan fingerprint density at radius 3 is 1.77 bits per heavy atom. The van der Waals surface area contributed by atoms with Gasteiger partial charge in [0.05, 0.1) is 16.4 Å². The lowest BCUT2D eigenvalue weighted by molar-refractivity contribution is 0.768. The monoisotopic (exact) mass is 728 g/mol. The summed E-state index contributed by atoms with van der Waals surface area (Å²) in [6.07, 6.45) is 8.83. The number of nitrogens with zero attached hydrogens (tertiary/aromatic N) is 2. The lowest BCUT2D eigenvalue weighted by Crippen LogP contribution is -2.28. The van der Waals surface area contributed by atoms with Gasteiger partial charge in [0.15, 0.2) is 0 Å². The molecule has 0 bridgehead atoms. The van der Waals surface area contributed by atoms with E-state index in [9.17, 15) is 0 Å². The number of allylic oxidation sites excluding steroid dienone is 4. The molecule has 0 radical (unpaired) electrons. The Kier molecular flexibility index (Phi) is 7.89. The highest BCUT2D eigenvalue weighted by Gasteiger charge is 2.46. The summed E-state index contributed by atoms with van der Waals surface area (Å²) in [7, 11) is 0. The molecule has 0 amide bonds.